The normalized spacial score (nSPS) is 28.8. The van der Waals surface area contributed by atoms with Gasteiger partial charge in [0.25, 0.3) is 0 Å². The number of Topliss-reactive ketones (excluding diaryl/α,β-unsaturated/α-hetero) is 2. The summed E-state index contributed by atoms with van der Waals surface area (Å²) in [5.41, 5.74) is 3.34. The standard InChI is InChI=1S/C28H32N4O6/c1-12-7-15-8-17-19(10-29)32-18(23(31(17)4)21(15)25(35)27(12)37-5)9-16-22(20(32)11-30-14(3)33)26(36)28(38-6)13(2)24(16)34/h7,17-20,23,35H,8-9,11H2,1-6H3,(H,30,33)/t17-,18?,19+,20+,23+/m1/s1. The molecule has 0 aromatic heterocycles. The second-order valence-electron chi connectivity index (χ2n) is 10.5. The Bertz CT molecular complexity index is 1370. The molecule has 10 heteroatoms. The lowest BCUT2D eigenvalue weighted by molar-refractivity contribution is -0.124. The number of likely N-dealkylation sites (N-methyl/N-ethyl adjacent to an activating group) is 1. The van der Waals surface area contributed by atoms with Crippen molar-refractivity contribution >= 4 is 17.5 Å². The van der Waals surface area contributed by atoms with Gasteiger partial charge in [-0.1, -0.05) is 6.07 Å². The summed E-state index contributed by atoms with van der Waals surface area (Å²) in [5, 5.41) is 24.7. The molecule has 1 aromatic rings. The number of hydrogen-bond acceptors (Lipinski definition) is 9. The van der Waals surface area contributed by atoms with Gasteiger partial charge in [0.1, 0.15) is 6.04 Å². The predicted molar refractivity (Wildman–Crippen MR) is 136 cm³/mol. The second-order valence-corrected chi connectivity index (χ2v) is 10.5. The lowest BCUT2D eigenvalue weighted by Gasteiger charge is -2.60. The minimum atomic E-state index is -0.721. The van der Waals surface area contributed by atoms with E-state index in [-0.39, 0.29) is 59.4 Å². The summed E-state index contributed by atoms with van der Waals surface area (Å²) in [6.07, 6.45) is 0.718. The third kappa shape index (κ3) is 3.49. The molecule has 5 atom stereocenters. The quantitative estimate of drug-likeness (QED) is 0.566. The first kappa shape index (κ1) is 25.9. The molecule has 1 aromatic carbocycles. The number of allylic oxidation sites excluding steroid dienone is 2. The molecule has 200 valence electrons. The lowest BCUT2D eigenvalue weighted by atomic mass is 9.69. The van der Waals surface area contributed by atoms with Gasteiger partial charge < -0.3 is 19.9 Å². The number of phenolic OH excluding ortho intramolecular Hbond substituents is 1. The molecule has 2 bridgehead atoms. The topological polar surface area (TPSA) is 132 Å². The molecule has 1 aliphatic carbocycles. The predicted octanol–water partition coefficient (Wildman–Crippen LogP) is 1.46. The number of nitriles is 1. The van der Waals surface area contributed by atoms with Crippen molar-refractivity contribution in [2.24, 2.45) is 0 Å². The average molecular weight is 521 g/mol. The van der Waals surface area contributed by atoms with Crippen LogP contribution in [-0.4, -0.2) is 84.4 Å². The first-order valence-corrected chi connectivity index (χ1v) is 12.7. The number of carbonyl (C=O) groups is 3. The van der Waals surface area contributed by atoms with Crippen LogP contribution in [0.4, 0.5) is 0 Å². The van der Waals surface area contributed by atoms with Crippen molar-refractivity contribution in [2.45, 2.75) is 63.8 Å². The number of rotatable bonds is 4. The van der Waals surface area contributed by atoms with E-state index in [2.05, 4.69) is 16.3 Å². The Morgan fingerprint density at radius 2 is 1.89 bits per heavy atom. The number of ketones is 2. The third-order valence-electron chi connectivity index (χ3n) is 8.61. The number of piperazine rings is 1. The van der Waals surface area contributed by atoms with E-state index in [1.54, 1.807) is 6.92 Å². The minimum absolute atomic E-state index is 0.00828. The van der Waals surface area contributed by atoms with Gasteiger partial charge in [0.05, 0.1) is 32.4 Å². The highest BCUT2D eigenvalue weighted by Gasteiger charge is 2.57. The lowest BCUT2D eigenvalue weighted by Crippen LogP contribution is -2.71. The zero-order valence-corrected chi connectivity index (χ0v) is 22.4. The summed E-state index contributed by atoms with van der Waals surface area (Å²) in [7, 11) is 4.80. The third-order valence-corrected chi connectivity index (χ3v) is 8.61. The van der Waals surface area contributed by atoms with E-state index >= 15 is 0 Å². The van der Waals surface area contributed by atoms with Crippen LogP contribution in [0.15, 0.2) is 28.5 Å². The first-order chi connectivity index (χ1) is 18.1. The van der Waals surface area contributed by atoms with E-state index in [1.807, 2.05) is 24.9 Å². The van der Waals surface area contributed by atoms with Crippen LogP contribution in [0.5, 0.6) is 11.5 Å². The first-order valence-electron chi connectivity index (χ1n) is 12.7. The molecular weight excluding hydrogens is 488 g/mol. The SMILES string of the molecule is COC1=C(C)C(=O)C2=C(C1=O)[C@H](CNC(C)=O)N1C(C2)[C@H]2c3c(cc(C)c(OC)c3O)C[C@H]([C@@H]1C#N)N2C. The Kier molecular flexibility index (Phi) is 6.32. The molecule has 3 heterocycles. The Balaban J connectivity index is 1.74. The number of aryl methyl sites for hydroxylation is 1. The summed E-state index contributed by atoms with van der Waals surface area (Å²) in [6, 6.07) is 2.07. The van der Waals surface area contributed by atoms with Crippen LogP contribution in [0.1, 0.15) is 43.0 Å². The highest BCUT2D eigenvalue weighted by molar-refractivity contribution is 6.25. The van der Waals surface area contributed by atoms with Crippen molar-refractivity contribution in [3.63, 3.8) is 0 Å². The Morgan fingerprint density at radius 3 is 2.50 bits per heavy atom. The van der Waals surface area contributed by atoms with Crippen LogP contribution in [0.3, 0.4) is 0 Å². The monoisotopic (exact) mass is 520 g/mol. The molecule has 1 amide bonds. The van der Waals surface area contributed by atoms with Gasteiger partial charge in [-0.3, -0.25) is 24.2 Å². The maximum atomic E-state index is 13.7. The zero-order chi connectivity index (χ0) is 27.6. The molecule has 10 nitrogen and oxygen atoms in total. The molecule has 2 N–H and O–H groups in total. The fourth-order valence-corrected chi connectivity index (χ4v) is 7.05. The fourth-order valence-electron chi connectivity index (χ4n) is 7.05. The zero-order valence-electron chi connectivity index (χ0n) is 22.4. The average Bonchev–Trinajstić information content (AvgIpc) is 2.86. The number of methoxy groups -OCH3 is 2. The minimum Gasteiger partial charge on any atom is -0.504 e. The van der Waals surface area contributed by atoms with Crippen LogP contribution in [0, 0.1) is 18.3 Å². The number of nitrogens with one attached hydrogen (secondary N) is 1. The van der Waals surface area contributed by atoms with Crippen LogP contribution >= 0.6 is 0 Å². The van der Waals surface area contributed by atoms with Crippen molar-refractivity contribution in [1.82, 2.24) is 15.1 Å². The van der Waals surface area contributed by atoms with Gasteiger partial charge in [0.15, 0.2) is 23.0 Å². The molecule has 3 aliphatic heterocycles. The van der Waals surface area contributed by atoms with E-state index in [4.69, 9.17) is 9.47 Å². The van der Waals surface area contributed by atoms with Gasteiger partial charge in [0.2, 0.25) is 11.7 Å². The molecule has 0 spiro atoms. The van der Waals surface area contributed by atoms with Gasteiger partial charge in [-0.15, -0.1) is 0 Å². The van der Waals surface area contributed by atoms with Gasteiger partial charge in [-0.2, -0.15) is 5.26 Å². The maximum absolute atomic E-state index is 13.7. The van der Waals surface area contributed by atoms with Gasteiger partial charge in [0, 0.05) is 47.8 Å². The number of benzene rings is 1. The van der Waals surface area contributed by atoms with Crippen LogP contribution in [-0.2, 0) is 25.5 Å². The van der Waals surface area contributed by atoms with Crippen molar-refractivity contribution in [3.8, 4) is 17.6 Å². The Hall–Kier alpha value is -3.68. The number of ether oxygens (including phenoxy) is 2. The smallest absolute Gasteiger partial charge is 0.226 e. The molecule has 1 fully saturated rings. The molecule has 38 heavy (non-hydrogen) atoms. The number of hydrogen-bond donors (Lipinski definition) is 2. The highest BCUT2D eigenvalue weighted by Crippen LogP contribution is 2.53. The summed E-state index contributed by atoms with van der Waals surface area (Å²) in [4.78, 5) is 43.3. The molecule has 4 aliphatic rings. The van der Waals surface area contributed by atoms with E-state index in [1.165, 1.54) is 21.1 Å². The van der Waals surface area contributed by atoms with E-state index in [0.29, 0.717) is 23.3 Å². The van der Waals surface area contributed by atoms with Gasteiger partial charge in [-0.05, 0) is 44.9 Å². The summed E-state index contributed by atoms with van der Waals surface area (Å²) in [5.74, 6) is -0.518. The second kappa shape index (κ2) is 9.26. The van der Waals surface area contributed by atoms with Crippen molar-refractivity contribution in [2.75, 3.05) is 27.8 Å². The highest BCUT2D eigenvalue weighted by atomic mass is 16.5. The number of fused-ring (bicyclic) bond motifs is 6. The van der Waals surface area contributed by atoms with Gasteiger partial charge in [-0.25, -0.2) is 0 Å². The number of carbonyl (C=O) groups excluding carboxylic acids is 3. The fraction of sp³-hybridized carbons (Fsp3) is 0.500. The molecule has 1 unspecified atom stereocenters. The van der Waals surface area contributed by atoms with E-state index < -0.39 is 23.9 Å². The summed E-state index contributed by atoms with van der Waals surface area (Å²) in [6.45, 7) is 4.89. The van der Waals surface area contributed by atoms with E-state index in [0.717, 1.165) is 11.1 Å². The van der Waals surface area contributed by atoms with Crippen molar-refractivity contribution in [1.29, 1.82) is 5.26 Å². The molecule has 1 saturated heterocycles. The van der Waals surface area contributed by atoms with Gasteiger partial charge >= 0.3 is 0 Å². The van der Waals surface area contributed by atoms with Crippen LogP contribution < -0.4 is 10.1 Å². The molecule has 0 radical (unpaired) electrons. The number of amides is 1. The number of aromatic hydroxyl groups is 1. The number of nitrogens with zero attached hydrogens (tertiary/aromatic N) is 3. The van der Waals surface area contributed by atoms with E-state index in [9.17, 15) is 24.8 Å². The molecule has 5 rings (SSSR count). The van der Waals surface area contributed by atoms with Crippen LogP contribution in [0.25, 0.3) is 0 Å². The van der Waals surface area contributed by atoms with Crippen molar-refractivity contribution in [3.05, 3.63) is 45.2 Å². The summed E-state index contributed by atoms with van der Waals surface area (Å²) >= 11 is 0. The summed E-state index contributed by atoms with van der Waals surface area (Å²) < 4.78 is 10.9. The molecule has 0 saturated carbocycles. The molecular formula is C28H32N4O6. The van der Waals surface area contributed by atoms with Crippen LogP contribution in [0.2, 0.25) is 0 Å². The van der Waals surface area contributed by atoms with Crippen molar-refractivity contribution < 1.29 is 29.0 Å². The Morgan fingerprint density at radius 1 is 1.18 bits per heavy atom. The Labute approximate surface area is 221 Å². The number of phenols is 1. The largest absolute Gasteiger partial charge is 0.504 e. The maximum Gasteiger partial charge on any atom is 0.226 e.